The maximum Gasteiger partial charge on any atom is 0.141 e. The lowest BCUT2D eigenvalue weighted by Gasteiger charge is -2.07. The third kappa shape index (κ3) is 2.00. The van der Waals surface area contributed by atoms with E-state index in [-0.39, 0.29) is 0 Å². The van der Waals surface area contributed by atoms with Crippen molar-refractivity contribution in [1.29, 1.82) is 0 Å². The summed E-state index contributed by atoms with van der Waals surface area (Å²) in [5.41, 5.74) is 7.64. The smallest absolute Gasteiger partial charge is 0.141 e. The van der Waals surface area contributed by atoms with Gasteiger partial charge in [0.05, 0.1) is 12.8 Å². The highest BCUT2D eigenvalue weighted by Gasteiger charge is 2.04. The third-order valence-corrected chi connectivity index (χ3v) is 2.58. The van der Waals surface area contributed by atoms with Crippen molar-refractivity contribution in [3.63, 3.8) is 0 Å². The van der Waals surface area contributed by atoms with Gasteiger partial charge in [-0.2, -0.15) is 0 Å². The molecule has 0 aliphatic carbocycles. The number of nitrogens with zero attached hydrogens (tertiary/aromatic N) is 2. The highest BCUT2D eigenvalue weighted by atomic mass is 16.5. The Hall–Kier alpha value is -1.97. The topological polar surface area (TPSA) is 53.1 Å². The maximum atomic E-state index is 5.85. The number of aryl methyl sites for hydroxylation is 1. The SMILES string of the molecule is COc1ccc(Cc2nccn2C)cc1N. The average Bonchev–Trinajstić information content (AvgIpc) is 2.65. The van der Waals surface area contributed by atoms with Gasteiger partial charge < -0.3 is 15.0 Å². The summed E-state index contributed by atoms with van der Waals surface area (Å²) in [6.45, 7) is 0. The molecule has 0 radical (unpaired) electrons. The van der Waals surface area contributed by atoms with Crippen LogP contribution in [0.5, 0.6) is 5.75 Å². The minimum atomic E-state index is 0.661. The molecule has 4 nitrogen and oxygen atoms in total. The lowest BCUT2D eigenvalue weighted by molar-refractivity contribution is 0.417. The van der Waals surface area contributed by atoms with Crippen LogP contribution in [-0.4, -0.2) is 16.7 Å². The molecule has 4 heteroatoms. The zero-order valence-corrected chi connectivity index (χ0v) is 9.47. The summed E-state index contributed by atoms with van der Waals surface area (Å²) in [4.78, 5) is 4.27. The molecule has 0 aliphatic rings. The summed E-state index contributed by atoms with van der Waals surface area (Å²) in [5, 5.41) is 0. The van der Waals surface area contributed by atoms with Crippen LogP contribution in [-0.2, 0) is 13.5 Å². The molecular weight excluding hydrogens is 202 g/mol. The van der Waals surface area contributed by atoms with Crippen LogP contribution in [0.1, 0.15) is 11.4 Å². The highest BCUT2D eigenvalue weighted by molar-refractivity contribution is 5.54. The highest BCUT2D eigenvalue weighted by Crippen LogP contribution is 2.22. The molecule has 84 valence electrons. The van der Waals surface area contributed by atoms with E-state index in [1.54, 1.807) is 13.3 Å². The normalized spacial score (nSPS) is 10.4. The van der Waals surface area contributed by atoms with Crippen molar-refractivity contribution in [1.82, 2.24) is 9.55 Å². The lowest BCUT2D eigenvalue weighted by Crippen LogP contribution is -2.00. The van der Waals surface area contributed by atoms with Crippen LogP contribution >= 0.6 is 0 Å². The van der Waals surface area contributed by atoms with Crippen LogP contribution in [0.15, 0.2) is 30.6 Å². The number of nitrogen functional groups attached to an aromatic ring is 1. The Balaban J connectivity index is 2.23. The van der Waals surface area contributed by atoms with Gasteiger partial charge in [0.1, 0.15) is 11.6 Å². The van der Waals surface area contributed by atoms with Gasteiger partial charge in [0, 0.05) is 25.9 Å². The molecule has 0 unspecified atom stereocenters. The molecule has 0 atom stereocenters. The van der Waals surface area contributed by atoms with E-state index in [2.05, 4.69) is 4.98 Å². The second kappa shape index (κ2) is 4.26. The number of methoxy groups -OCH3 is 1. The molecule has 1 aromatic carbocycles. The van der Waals surface area contributed by atoms with Gasteiger partial charge >= 0.3 is 0 Å². The number of nitrogens with two attached hydrogens (primary N) is 1. The van der Waals surface area contributed by atoms with E-state index in [1.807, 2.05) is 36.0 Å². The Bertz CT molecular complexity index is 491. The first-order valence-corrected chi connectivity index (χ1v) is 5.09. The first kappa shape index (κ1) is 10.5. The van der Waals surface area contributed by atoms with Crippen molar-refractivity contribution in [3.8, 4) is 5.75 Å². The molecule has 2 aromatic rings. The fourth-order valence-corrected chi connectivity index (χ4v) is 1.64. The predicted octanol–water partition coefficient (Wildman–Crippen LogP) is 1.60. The summed E-state index contributed by atoms with van der Waals surface area (Å²) < 4.78 is 7.11. The molecular formula is C12H15N3O. The van der Waals surface area contributed by atoms with Crippen molar-refractivity contribution in [2.24, 2.45) is 7.05 Å². The Kier molecular flexibility index (Phi) is 2.81. The molecule has 1 heterocycles. The third-order valence-electron chi connectivity index (χ3n) is 2.58. The van der Waals surface area contributed by atoms with Crippen LogP contribution < -0.4 is 10.5 Å². The fourth-order valence-electron chi connectivity index (χ4n) is 1.64. The van der Waals surface area contributed by atoms with Crippen LogP contribution in [0.3, 0.4) is 0 Å². The summed E-state index contributed by atoms with van der Waals surface area (Å²) >= 11 is 0. The summed E-state index contributed by atoms with van der Waals surface area (Å²) in [6.07, 6.45) is 4.50. The van der Waals surface area contributed by atoms with Crippen LogP contribution in [0.2, 0.25) is 0 Å². The van der Waals surface area contributed by atoms with Crippen LogP contribution in [0.4, 0.5) is 5.69 Å². The Labute approximate surface area is 94.7 Å². The number of hydrogen-bond donors (Lipinski definition) is 1. The molecule has 0 aliphatic heterocycles. The molecule has 1 aromatic heterocycles. The second-order valence-electron chi connectivity index (χ2n) is 3.71. The summed E-state index contributed by atoms with van der Waals surface area (Å²) in [5.74, 6) is 1.73. The Morgan fingerprint density at radius 2 is 2.25 bits per heavy atom. The number of hydrogen-bond acceptors (Lipinski definition) is 3. The number of aromatic nitrogens is 2. The average molecular weight is 217 g/mol. The molecule has 0 saturated carbocycles. The largest absolute Gasteiger partial charge is 0.495 e. The van der Waals surface area contributed by atoms with Crippen molar-refractivity contribution >= 4 is 5.69 Å². The van der Waals surface area contributed by atoms with Gasteiger partial charge in [0.2, 0.25) is 0 Å². The van der Waals surface area contributed by atoms with Crippen molar-refractivity contribution in [3.05, 3.63) is 42.0 Å². The summed E-state index contributed by atoms with van der Waals surface area (Å²) in [6, 6.07) is 5.81. The van der Waals surface area contributed by atoms with E-state index in [1.165, 1.54) is 0 Å². The maximum absolute atomic E-state index is 5.85. The number of ether oxygens (including phenoxy) is 1. The number of anilines is 1. The van der Waals surface area contributed by atoms with E-state index in [4.69, 9.17) is 10.5 Å². The number of imidazole rings is 1. The van der Waals surface area contributed by atoms with E-state index >= 15 is 0 Å². The second-order valence-corrected chi connectivity index (χ2v) is 3.71. The van der Waals surface area contributed by atoms with Crippen LogP contribution in [0, 0.1) is 0 Å². The molecule has 0 saturated heterocycles. The van der Waals surface area contributed by atoms with Gasteiger partial charge in [-0.15, -0.1) is 0 Å². The zero-order valence-electron chi connectivity index (χ0n) is 9.47. The Morgan fingerprint density at radius 1 is 1.44 bits per heavy atom. The van der Waals surface area contributed by atoms with Gasteiger partial charge in [-0.3, -0.25) is 0 Å². The monoisotopic (exact) mass is 217 g/mol. The van der Waals surface area contributed by atoms with Gasteiger partial charge in [-0.1, -0.05) is 6.07 Å². The van der Waals surface area contributed by atoms with Gasteiger partial charge in [0.25, 0.3) is 0 Å². The van der Waals surface area contributed by atoms with E-state index in [9.17, 15) is 0 Å². The van der Waals surface area contributed by atoms with Crippen molar-refractivity contribution in [2.45, 2.75) is 6.42 Å². The van der Waals surface area contributed by atoms with Gasteiger partial charge in [0.15, 0.2) is 0 Å². The molecule has 0 amide bonds. The predicted molar refractivity (Wildman–Crippen MR) is 63.4 cm³/mol. The van der Waals surface area contributed by atoms with Gasteiger partial charge in [-0.25, -0.2) is 4.98 Å². The standard InChI is InChI=1S/C12H15N3O/c1-15-6-5-14-12(15)8-9-3-4-11(16-2)10(13)7-9/h3-7H,8,13H2,1-2H3. The van der Waals surface area contributed by atoms with E-state index < -0.39 is 0 Å². The molecule has 0 spiro atoms. The Morgan fingerprint density at radius 3 is 2.81 bits per heavy atom. The molecule has 2 rings (SSSR count). The lowest BCUT2D eigenvalue weighted by atomic mass is 10.1. The quantitative estimate of drug-likeness (QED) is 0.794. The minimum absolute atomic E-state index is 0.661. The van der Waals surface area contributed by atoms with E-state index in [0.717, 1.165) is 17.8 Å². The number of benzene rings is 1. The van der Waals surface area contributed by atoms with Crippen molar-refractivity contribution in [2.75, 3.05) is 12.8 Å². The minimum Gasteiger partial charge on any atom is -0.495 e. The van der Waals surface area contributed by atoms with E-state index in [0.29, 0.717) is 11.4 Å². The fraction of sp³-hybridized carbons (Fsp3) is 0.250. The van der Waals surface area contributed by atoms with Gasteiger partial charge in [-0.05, 0) is 17.7 Å². The first-order chi connectivity index (χ1) is 7.70. The number of rotatable bonds is 3. The molecule has 0 fully saturated rings. The first-order valence-electron chi connectivity index (χ1n) is 5.09. The molecule has 16 heavy (non-hydrogen) atoms. The zero-order chi connectivity index (χ0) is 11.5. The van der Waals surface area contributed by atoms with Crippen molar-refractivity contribution < 1.29 is 4.74 Å². The van der Waals surface area contributed by atoms with Crippen LogP contribution in [0.25, 0.3) is 0 Å². The molecule has 0 bridgehead atoms. The summed E-state index contributed by atoms with van der Waals surface area (Å²) in [7, 11) is 3.60. The molecule has 2 N–H and O–H groups in total.